The van der Waals surface area contributed by atoms with Gasteiger partial charge in [-0.3, -0.25) is 4.98 Å². The minimum Gasteiger partial charge on any atom is -0.326 e. The Labute approximate surface area is 131 Å². The molecule has 0 amide bonds. The van der Waals surface area contributed by atoms with Crippen LogP contribution in [0.1, 0.15) is 23.0 Å². The van der Waals surface area contributed by atoms with Crippen LogP contribution in [0.3, 0.4) is 0 Å². The van der Waals surface area contributed by atoms with Gasteiger partial charge in [0.25, 0.3) is 0 Å². The third-order valence-electron chi connectivity index (χ3n) is 3.15. The van der Waals surface area contributed by atoms with E-state index in [9.17, 15) is 0 Å². The largest absolute Gasteiger partial charge is 0.326 e. The van der Waals surface area contributed by atoms with Crippen LogP contribution in [-0.4, -0.2) is 14.5 Å². The van der Waals surface area contributed by atoms with Crippen molar-refractivity contribution in [2.75, 3.05) is 0 Å². The minimum atomic E-state index is -0.130. The lowest BCUT2D eigenvalue weighted by molar-refractivity contribution is 0.672. The summed E-state index contributed by atoms with van der Waals surface area (Å²) in [5.41, 5.74) is 1.96. The quantitative estimate of drug-likeness (QED) is 0.651. The molecular formula is C14H13Cl2N3S. The molecule has 0 aliphatic carbocycles. The van der Waals surface area contributed by atoms with E-state index in [4.69, 9.17) is 23.2 Å². The molecule has 0 radical (unpaired) electrons. The molecule has 3 nitrogen and oxygen atoms in total. The van der Waals surface area contributed by atoms with Gasteiger partial charge < -0.3 is 4.57 Å². The number of hydrogen-bond acceptors (Lipinski definition) is 3. The Morgan fingerprint density at radius 1 is 1.35 bits per heavy atom. The van der Waals surface area contributed by atoms with Gasteiger partial charge in [-0.1, -0.05) is 11.6 Å². The summed E-state index contributed by atoms with van der Waals surface area (Å²) in [5, 5.41) is -0.130. The van der Waals surface area contributed by atoms with Crippen LogP contribution in [0.15, 0.2) is 30.6 Å². The maximum Gasteiger partial charge on any atom is 0.127 e. The normalized spacial score (nSPS) is 12.9. The predicted molar refractivity (Wildman–Crippen MR) is 84.8 cm³/mol. The van der Waals surface area contributed by atoms with E-state index in [0.29, 0.717) is 0 Å². The summed E-state index contributed by atoms with van der Waals surface area (Å²) in [5.74, 6) is 0.886. The first kappa shape index (κ1) is 13.9. The fourth-order valence-corrected chi connectivity index (χ4v) is 3.49. The van der Waals surface area contributed by atoms with Crippen LogP contribution in [-0.2, 0) is 13.0 Å². The number of aryl methyl sites for hydroxylation is 2. The lowest BCUT2D eigenvalue weighted by Crippen LogP contribution is -2.06. The standard InChI is InChI=1S/C14H13Cl2N3S/c1-9(15)14-18-11-8-17-6-4-12(11)19(14)7-5-10-2-3-13(16)20-10/h2-4,6,8-9H,5,7H2,1H3. The van der Waals surface area contributed by atoms with Gasteiger partial charge in [0.05, 0.1) is 21.4 Å². The monoisotopic (exact) mass is 325 g/mol. The number of aromatic nitrogens is 3. The van der Waals surface area contributed by atoms with Crippen LogP contribution in [0.5, 0.6) is 0 Å². The van der Waals surface area contributed by atoms with Gasteiger partial charge in [0.1, 0.15) is 11.3 Å². The van der Waals surface area contributed by atoms with E-state index in [1.54, 1.807) is 23.7 Å². The molecule has 0 fully saturated rings. The smallest absolute Gasteiger partial charge is 0.127 e. The van der Waals surface area contributed by atoms with Gasteiger partial charge in [-0.25, -0.2) is 4.98 Å². The first-order valence-corrected chi connectivity index (χ1v) is 7.96. The third kappa shape index (κ3) is 2.68. The van der Waals surface area contributed by atoms with E-state index in [-0.39, 0.29) is 5.38 Å². The highest BCUT2D eigenvalue weighted by molar-refractivity contribution is 7.16. The molecule has 20 heavy (non-hydrogen) atoms. The van der Waals surface area contributed by atoms with Gasteiger partial charge in [0.2, 0.25) is 0 Å². The summed E-state index contributed by atoms with van der Waals surface area (Å²) >= 11 is 13.8. The predicted octanol–water partition coefficient (Wildman–Crippen LogP) is 4.69. The number of imidazole rings is 1. The number of halogens is 2. The topological polar surface area (TPSA) is 30.7 Å². The Morgan fingerprint density at radius 3 is 2.90 bits per heavy atom. The lowest BCUT2D eigenvalue weighted by Gasteiger charge is -2.09. The van der Waals surface area contributed by atoms with E-state index in [2.05, 4.69) is 20.6 Å². The van der Waals surface area contributed by atoms with Crippen LogP contribution in [0, 0.1) is 0 Å². The number of pyridine rings is 1. The third-order valence-corrected chi connectivity index (χ3v) is 4.63. The maximum atomic E-state index is 6.24. The van der Waals surface area contributed by atoms with Crippen LogP contribution in [0.2, 0.25) is 4.34 Å². The van der Waals surface area contributed by atoms with Crippen molar-refractivity contribution in [3.63, 3.8) is 0 Å². The Balaban J connectivity index is 1.94. The molecule has 1 unspecified atom stereocenters. The molecular weight excluding hydrogens is 313 g/mol. The molecule has 0 N–H and O–H groups in total. The fourth-order valence-electron chi connectivity index (χ4n) is 2.25. The average molecular weight is 326 g/mol. The number of rotatable bonds is 4. The molecule has 1 atom stereocenters. The zero-order valence-electron chi connectivity index (χ0n) is 10.9. The molecule has 0 aliphatic rings. The number of nitrogens with zero attached hydrogens (tertiary/aromatic N) is 3. The molecule has 0 aromatic carbocycles. The summed E-state index contributed by atoms with van der Waals surface area (Å²) in [6, 6.07) is 5.98. The van der Waals surface area contributed by atoms with E-state index in [1.807, 2.05) is 19.1 Å². The van der Waals surface area contributed by atoms with Gasteiger partial charge in [-0.15, -0.1) is 22.9 Å². The van der Waals surface area contributed by atoms with Gasteiger partial charge in [0.15, 0.2) is 0 Å². The second kappa shape index (κ2) is 5.72. The van der Waals surface area contributed by atoms with Crippen molar-refractivity contribution in [1.82, 2.24) is 14.5 Å². The first-order valence-electron chi connectivity index (χ1n) is 6.33. The summed E-state index contributed by atoms with van der Waals surface area (Å²) in [4.78, 5) is 9.95. The second-order valence-electron chi connectivity index (χ2n) is 4.56. The SMILES string of the molecule is CC(Cl)c1nc2cnccc2n1CCc1ccc(Cl)s1. The van der Waals surface area contributed by atoms with Crippen LogP contribution < -0.4 is 0 Å². The number of thiophene rings is 1. The summed E-state index contributed by atoms with van der Waals surface area (Å²) < 4.78 is 2.99. The van der Waals surface area contributed by atoms with Gasteiger partial charge in [0, 0.05) is 17.6 Å². The Kier molecular flexibility index (Phi) is 3.96. The average Bonchev–Trinajstić information content (AvgIpc) is 3.00. The zero-order valence-corrected chi connectivity index (χ0v) is 13.2. The molecule has 104 valence electrons. The van der Waals surface area contributed by atoms with E-state index >= 15 is 0 Å². The van der Waals surface area contributed by atoms with E-state index in [0.717, 1.165) is 34.2 Å². The molecule has 0 saturated carbocycles. The highest BCUT2D eigenvalue weighted by atomic mass is 35.5. The first-order chi connectivity index (χ1) is 9.65. The maximum absolute atomic E-state index is 6.24. The summed E-state index contributed by atoms with van der Waals surface area (Å²) in [6.45, 7) is 2.78. The van der Waals surface area contributed by atoms with Crippen LogP contribution in [0.25, 0.3) is 11.0 Å². The summed E-state index contributed by atoms with van der Waals surface area (Å²) in [7, 11) is 0. The Hall–Kier alpha value is -1.10. The van der Waals surface area contributed by atoms with Crippen LogP contribution in [0.4, 0.5) is 0 Å². The highest BCUT2D eigenvalue weighted by Gasteiger charge is 2.14. The van der Waals surface area contributed by atoms with Crippen molar-refractivity contribution >= 4 is 45.6 Å². The molecule has 3 aromatic heterocycles. The van der Waals surface area contributed by atoms with Crippen molar-refractivity contribution in [3.8, 4) is 0 Å². The number of hydrogen-bond donors (Lipinski definition) is 0. The lowest BCUT2D eigenvalue weighted by atomic mass is 10.3. The minimum absolute atomic E-state index is 0.130. The highest BCUT2D eigenvalue weighted by Crippen LogP contribution is 2.26. The number of alkyl halides is 1. The zero-order chi connectivity index (χ0) is 14.1. The van der Waals surface area contributed by atoms with Crippen molar-refractivity contribution < 1.29 is 0 Å². The van der Waals surface area contributed by atoms with E-state index < -0.39 is 0 Å². The molecule has 0 bridgehead atoms. The van der Waals surface area contributed by atoms with Crippen molar-refractivity contribution in [2.45, 2.75) is 25.3 Å². The van der Waals surface area contributed by atoms with Crippen molar-refractivity contribution in [1.29, 1.82) is 0 Å². The molecule has 3 rings (SSSR count). The van der Waals surface area contributed by atoms with Gasteiger partial charge in [-0.2, -0.15) is 0 Å². The second-order valence-corrected chi connectivity index (χ2v) is 7.01. The number of fused-ring (bicyclic) bond motifs is 1. The van der Waals surface area contributed by atoms with Crippen molar-refractivity contribution in [2.24, 2.45) is 0 Å². The summed E-state index contributed by atoms with van der Waals surface area (Å²) in [6.07, 6.45) is 4.48. The fraction of sp³-hybridized carbons (Fsp3) is 0.286. The van der Waals surface area contributed by atoms with Crippen molar-refractivity contribution in [3.05, 3.63) is 45.6 Å². The van der Waals surface area contributed by atoms with Crippen LogP contribution >= 0.6 is 34.5 Å². The Morgan fingerprint density at radius 2 is 2.20 bits per heavy atom. The Bertz CT molecular complexity index is 733. The van der Waals surface area contributed by atoms with Gasteiger partial charge in [-0.05, 0) is 31.5 Å². The molecule has 0 saturated heterocycles. The molecule has 6 heteroatoms. The van der Waals surface area contributed by atoms with Gasteiger partial charge >= 0.3 is 0 Å². The molecule has 3 heterocycles. The molecule has 0 aliphatic heterocycles. The molecule has 0 spiro atoms. The molecule has 3 aromatic rings. The van der Waals surface area contributed by atoms with E-state index in [1.165, 1.54) is 4.88 Å².